The number of carbonyl (C=O) groups is 1. The monoisotopic (exact) mass is 410 g/mol. The van der Waals surface area contributed by atoms with E-state index >= 15 is 0 Å². The molecule has 0 atom stereocenters. The number of hydrogen-bond acceptors (Lipinski definition) is 5. The fourth-order valence-corrected chi connectivity index (χ4v) is 4.31. The molecule has 0 saturated heterocycles. The fraction of sp³-hybridized carbons (Fsp3) is 0.0500. The molecule has 0 spiro atoms. The van der Waals surface area contributed by atoms with Crippen LogP contribution in [0.15, 0.2) is 65.8 Å². The van der Waals surface area contributed by atoms with E-state index in [2.05, 4.69) is 10.1 Å². The van der Waals surface area contributed by atoms with Crippen molar-refractivity contribution < 1.29 is 17.6 Å². The minimum atomic E-state index is -3.89. The highest BCUT2D eigenvalue weighted by atomic mass is 32.2. The summed E-state index contributed by atoms with van der Waals surface area (Å²) in [4.78, 5) is 15.8. The molecular weight excluding hydrogens is 395 g/mol. The Morgan fingerprint density at radius 2 is 1.83 bits per heavy atom. The van der Waals surface area contributed by atoms with Crippen molar-refractivity contribution in [2.24, 2.45) is 5.73 Å². The van der Waals surface area contributed by atoms with Crippen LogP contribution in [0.1, 0.15) is 15.9 Å². The molecule has 2 aromatic heterocycles. The molecule has 2 aromatic carbocycles. The lowest BCUT2D eigenvalue weighted by atomic mass is 10.0. The first-order chi connectivity index (χ1) is 13.8. The zero-order valence-electron chi connectivity index (χ0n) is 15.2. The summed E-state index contributed by atoms with van der Waals surface area (Å²) in [5.74, 6) is -1.34. The van der Waals surface area contributed by atoms with Gasteiger partial charge in [-0.2, -0.15) is 17.6 Å². The van der Waals surface area contributed by atoms with Gasteiger partial charge in [-0.15, -0.1) is 0 Å². The third kappa shape index (κ3) is 3.15. The standard InChI is InChI=1S/C20H15FN4O3S/c1-12-16(7-13(20(22)26)8-17(12)21)18-9-14-10-24-25(19(14)11-23-18)29(27,28)15-5-3-2-4-6-15/h2-11H,1H3,(H2,22,26). The van der Waals surface area contributed by atoms with E-state index in [1.807, 2.05) is 0 Å². The Hall–Kier alpha value is -3.59. The molecule has 0 unspecified atom stereocenters. The summed E-state index contributed by atoms with van der Waals surface area (Å²) < 4.78 is 40.8. The Balaban J connectivity index is 1.86. The molecule has 0 aliphatic heterocycles. The third-order valence-electron chi connectivity index (χ3n) is 4.60. The molecule has 0 radical (unpaired) electrons. The van der Waals surface area contributed by atoms with Gasteiger partial charge in [0.15, 0.2) is 0 Å². The molecule has 0 aliphatic rings. The number of hydrogen-bond donors (Lipinski definition) is 1. The Labute approximate surface area is 165 Å². The van der Waals surface area contributed by atoms with E-state index in [1.54, 1.807) is 31.2 Å². The number of carbonyl (C=O) groups excluding carboxylic acids is 1. The van der Waals surface area contributed by atoms with Crippen LogP contribution in [-0.2, 0) is 10.0 Å². The van der Waals surface area contributed by atoms with Gasteiger partial charge in [0.1, 0.15) is 11.3 Å². The Morgan fingerprint density at radius 1 is 1.10 bits per heavy atom. The van der Waals surface area contributed by atoms with E-state index in [1.165, 1.54) is 30.6 Å². The van der Waals surface area contributed by atoms with Crippen molar-refractivity contribution in [2.75, 3.05) is 0 Å². The number of pyridine rings is 1. The van der Waals surface area contributed by atoms with Crippen molar-refractivity contribution in [2.45, 2.75) is 11.8 Å². The van der Waals surface area contributed by atoms with Gasteiger partial charge < -0.3 is 5.73 Å². The van der Waals surface area contributed by atoms with Crippen molar-refractivity contribution in [1.29, 1.82) is 0 Å². The van der Waals surface area contributed by atoms with E-state index < -0.39 is 21.7 Å². The highest BCUT2D eigenvalue weighted by Gasteiger charge is 2.21. The molecule has 0 bridgehead atoms. The van der Waals surface area contributed by atoms with E-state index in [-0.39, 0.29) is 16.0 Å². The Kier molecular flexibility index (Phi) is 4.39. The number of nitrogens with two attached hydrogens (primary N) is 1. The lowest BCUT2D eigenvalue weighted by molar-refractivity contribution is 0.1000. The number of amides is 1. The third-order valence-corrected chi connectivity index (χ3v) is 6.21. The van der Waals surface area contributed by atoms with Crippen LogP contribution < -0.4 is 5.73 Å². The second kappa shape index (κ2) is 6.78. The lowest BCUT2D eigenvalue weighted by Gasteiger charge is -2.09. The molecule has 0 saturated carbocycles. The number of fused-ring (bicyclic) bond motifs is 1. The SMILES string of the molecule is Cc1c(F)cc(C(N)=O)cc1-c1cc2cnn(S(=O)(=O)c3ccccc3)c2cn1. The summed E-state index contributed by atoms with van der Waals surface area (Å²) in [7, 11) is -3.89. The van der Waals surface area contributed by atoms with Crippen LogP contribution in [0.25, 0.3) is 22.2 Å². The fourth-order valence-electron chi connectivity index (χ4n) is 3.02. The molecule has 0 fully saturated rings. The Morgan fingerprint density at radius 3 is 2.52 bits per heavy atom. The zero-order valence-corrected chi connectivity index (χ0v) is 16.0. The average Bonchev–Trinajstić information content (AvgIpc) is 3.14. The smallest absolute Gasteiger partial charge is 0.283 e. The maximum absolute atomic E-state index is 14.2. The van der Waals surface area contributed by atoms with Gasteiger partial charge >= 0.3 is 0 Å². The first-order valence-corrected chi connectivity index (χ1v) is 9.98. The van der Waals surface area contributed by atoms with Crippen molar-refractivity contribution in [3.63, 3.8) is 0 Å². The highest BCUT2D eigenvalue weighted by molar-refractivity contribution is 7.90. The number of primary amides is 1. The van der Waals surface area contributed by atoms with Gasteiger partial charge in [0, 0.05) is 16.5 Å². The number of rotatable bonds is 4. The normalized spacial score (nSPS) is 11.7. The van der Waals surface area contributed by atoms with Crippen LogP contribution in [-0.4, -0.2) is 28.5 Å². The molecule has 2 N–H and O–H groups in total. The zero-order chi connectivity index (χ0) is 20.8. The Bertz CT molecular complexity index is 1370. The highest BCUT2D eigenvalue weighted by Crippen LogP contribution is 2.28. The van der Waals surface area contributed by atoms with E-state index in [0.717, 1.165) is 10.2 Å². The van der Waals surface area contributed by atoms with Crippen molar-refractivity contribution in [3.8, 4) is 11.3 Å². The van der Waals surface area contributed by atoms with Crippen LogP contribution >= 0.6 is 0 Å². The predicted octanol–water partition coefficient (Wildman–Crippen LogP) is 2.88. The quantitative estimate of drug-likeness (QED) is 0.557. The van der Waals surface area contributed by atoms with Gasteiger partial charge in [0.05, 0.1) is 23.0 Å². The van der Waals surface area contributed by atoms with Gasteiger partial charge in [-0.1, -0.05) is 18.2 Å². The molecule has 4 aromatic rings. The second-order valence-electron chi connectivity index (χ2n) is 6.43. The van der Waals surface area contributed by atoms with E-state index in [0.29, 0.717) is 22.2 Å². The summed E-state index contributed by atoms with van der Waals surface area (Å²) in [6, 6.07) is 12.0. The van der Waals surface area contributed by atoms with Crippen LogP contribution in [0, 0.1) is 12.7 Å². The molecule has 2 heterocycles. The number of nitrogens with zero attached hydrogens (tertiary/aromatic N) is 3. The minimum absolute atomic E-state index is 0.0207. The van der Waals surface area contributed by atoms with E-state index in [4.69, 9.17) is 5.73 Å². The first-order valence-electron chi connectivity index (χ1n) is 8.54. The maximum Gasteiger partial charge on any atom is 0.283 e. The average molecular weight is 410 g/mol. The summed E-state index contributed by atoms with van der Waals surface area (Å²) in [6.45, 7) is 1.56. The molecule has 7 nitrogen and oxygen atoms in total. The molecule has 0 aliphatic carbocycles. The van der Waals surface area contributed by atoms with Gasteiger partial charge in [-0.25, -0.2) is 4.39 Å². The molecule has 9 heteroatoms. The molecule has 4 rings (SSSR count). The van der Waals surface area contributed by atoms with Crippen LogP contribution in [0.3, 0.4) is 0 Å². The molecule has 146 valence electrons. The van der Waals surface area contributed by atoms with Gasteiger partial charge in [-0.05, 0) is 42.8 Å². The van der Waals surface area contributed by atoms with Crippen molar-refractivity contribution in [1.82, 2.24) is 14.2 Å². The lowest BCUT2D eigenvalue weighted by Crippen LogP contribution is -2.14. The number of benzene rings is 2. The second-order valence-corrected chi connectivity index (χ2v) is 8.20. The molecule has 29 heavy (non-hydrogen) atoms. The molecular formula is C20H15FN4O3S. The summed E-state index contributed by atoms with van der Waals surface area (Å²) in [6.07, 6.45) is 2.75. The van der Waals surface area contributed by atoms with Gasteiger partial charge in [-0.3, -0.25) is 9.78 Å². The topological polar surface area (TPSA) is 108 Å². The predicted molar refractivity (Wildman–Crippen MR) is 105 cm³/mol. The van der Waals surface area contributed by atoms with Crippen LogP contribution in [0.2, 0.25) is 0 Å². The molecule has 1 amide bonds. The number of aromatic nitrogens is 3. The van der Waals surface area contributed by atoms with Crippen LogP contribution in [0.5, 0.6) is 0 Å². The van der Waals surface area contributed by atoms with E-state index in [9.17, 15) is 17.6 Å². The van der Waals surface area contributed by atoms with Crippen molar-refractivity contribution in [3.05, 3.63) is 77.9 Å². The maximum atomic E-state index is 14.2. The summed E-state index contributed by atoms with van der Waals surface area (Å²) in [5, 5.41) is 4.50. The summed E-state index contributed by atoms with van der Waals surface area (Å²) in [5.41, 5.74) is 6.63. The van der Waals surface area contributed by atoms with Gasteiger partial charge in [0.2, 0.25) is 5.91 Å². The van der Waals surface area contributed by atoms with Crippen LogP contribution in [0.4, 0.5) is 4.39 Å². The van der Waals surface area contributed by atoms with Gasteiger partial charge in [0.25, 0.3) is 10.0 Å². The largest absolute Gasteiger partial charge is 0.366 e. The first kappa shape index (κ1) is 18.8. The van der Waals surface area contributed by atoms with Crippen molar-refractivity contribution >= 4 is 26.8 Å². The minimum Gasteiger partial charge on any atom is -0.366 e. The number of halogens is 1. The summed E-state index contributed by atoms with van der Waals surface area (Å²) >= 11 is 0.